The SMILES string of the molecule is CC(=O)Nc1ccc(CC(OC(C)(C)C)(C(=O)O)C(=O)O)cc1.CC(C)(C)OC(Cc1ccc(I)cc1)(C(=O)O)C(=O)O.CC(C)(C)OC(Cc1ccc(N)cc1)(C(=O)O)C(=O)O.CCOC(=O)C(Cc1ccccc1)(OC(C)(C)C)C(=O)O.Cc1cccc(CC(OC(C)(C)C)(C(=O)OCCN2CCOCC2)C(=O)OCc2ccccc2)c1. The molecule has 1 fully saturated rings. The van der Waals surface area contributed by atoms with E-state index in [9.17, 15) is 88.5 Å². The summed E-state index contributed by atoms with van der Waals surface area (Å²) in [7, 11) is 0. The summed E-state index contributed by atoms with van der Waals surface area (Å²) < 4.78 is 50.6. The molecule has 7 rings (SSSR count). The third-order valence-electron chi connectivity index (χ3n) is 16.4. The molecular formula is C88H116IN3O27. The van der Waals surface area contributed by atoms with Crippen LogP contribution in [0.15, 0.2) is 158 Å². The maximum absolute atomic E-state index is 13.6. The van der Waals surface area contributed by atoms with Crippen LogP contribution in [0.2, 0.25) is 0 Å². The van der Waals surface area contributed by atoms with Crippen molar-refractivity contribution in [3.8, 4) is 0 Å². The quantitative estimate of drug-likeness (QED) is 0.00622. The third-order valence-corrected chi connectivity index (χ3v) is 17.1. The van der Waals surface area contributed by atoms with E-state index in [1.54, 1.807) is 187 Å². The molecular weight excluding hydrogens is 1660 g/mol. The number of nitrogen functional groups attached to an aromatic ring is 1. The number of carbonyl (C=O) groups is 11. The number of nitrogens with one attached hydrogen (secondary N) is 1. The lowest BCUT2D eigenvalue weighted by atomic mass is 9.92. The molecule has 0 aromatic heterocycles. The van der Waals surface area contributed by atoms with Crippen LogP contribution in [0.25, 0.3) is 0 Å². The van der Waals surface area contributed by atoms with Crippen molar-refractivity contribution in [3.63, 3.8) is 0 Å². The van der Waals surface area contributed by atoms with Gasteiger partial charge in [-0.05, 0) is 210 Å². The summed E-state index contributed by atoms with van der Waals surface area (Å²) in [6.07, 6.45) is -0.925. The molecule has 1 aliphatic heterocycles. The van der Waals surface area contributed by atoms with Gasteiger partial charge in [-0.1, -0.05) is 127 Å². The molecule has 0 radical (unpaired) electrons. The van der Waals surface area contributed by atoms with E-state index in [4.69, 9.17) is 48.4 Å². The smallest absolute Gasteiger partial charge is 0.351 e. The minimum absolute atomic E-state index is 0.00988. The molecule has 1 saturated heterocycles. The normalized spacial score (nSPS) is 13.7. The van der Waals surface area contributed by atoms with Gasteiger partial charge in [-0.3, -0.25) is 9.69 Å². The highest BCUT2D eigenvalue weighted by Gasteiger charge is 2.56. The Balaban J connectivity index is 0.000000393. The van der Waals surface area contributed by atoms with Crippen molar-refractivity contribution in [2.75, 3.05) is 57.1 Å². The largest absolute Gasteiger partial charge is 0.479 e. The van der Waals surface area contributed by atoms with Crippen molar-refractivity contribution in [1.29, 1.82) is 0 Å². The number of aliphatic carboxylic acids is 7. The molecule has 31 heteroatoms. The number of nitrogens with zero attached hydrogens (tertiary/aromatic N) is 1. The van der Waals surface area contributed by atoms with Crippen LogP contribution in [0.1, 0.15) is 157 Å². The molecule has 1 amide bonds. The van der Waals surface area contributed by atoms with Crippen molar-refractivity contribution < 1.29 is 131 Å². The lowest BCUT2D eigenvalue weighted by Crippen LogP contribution is -2.56. The zero-order chi connectivity index (χ0) is 90.3. The number of rotatable bonds is 32. The highest BCUT2D eigenvalue weighted by Crippen LogP contribution is 2.34. The van der Waals surface area contributed by atoms with Gasteiger partial charge in [-0.2, -0.15) is 0 Å². The summed E-state index contributed by atoms with van der Waals surface area (Å²) in [6, 6.07) is 45.5. The minimum atomic E-state index is -2.38. The molecule has 0 saturated carbocycles. The first-order valence-corrected chi connectivity index (χ1v) is 39.1. The van der Waals surface area contributed by atoms with Gasteiger partial charge in [0, 0.05) is 73.6 Å². The number of hydrogen-bond acceptors (Lipinski definition) is 22. The standard InChI is InChI=1S/C28H37NO6.C16H21NO6.C16H22O5.C14H17IO5.C14H19NO5/c1-22-9-8-12-24(19-22)20-28(35-27(2,3)4,26(31)34-21-23-10-6-5-7-11-23)25(30)33-18-15-29-13-16-32-17-14-29;1-10(18)17-12-7-5-11(6-8-12)9-16(13(19)20,14(21)22)23-15(2,3)4;1-5-20-14(19)16(13(17)18,21-15(2,3)4)11-12-9-7-6-8-10-12;2*1-13(2,3)20-14(11(16)17,12(18)19)8-9-4-6-10(15)7-5-9/h5-12,19H,13-18,20-21H2,1-4H3;5-8H,9H2,1-4H3,(H,17,18)(H,19,20)(H,21,22);6-10H,5,11H2,1-4H3,(H,17,18);4-7H,8H2,1-3H3,(H,16,17)(H,18,19);4-7H,8,15H2,1-3H3,(H,16,17)(H,18,19). The molecule has 6 aromatic carbocycles. The van der Waals surface area contributed by atoms with Crippen molar-refractivity contribution in [1.82, 2.24) is 4.90 Å². The zero-order valence-corrected chi connectivity index (χ0v) is 73.1. The van der Waals surface area contributed by atoms with Gasteiger partial charge < -0.3 is 89.4 Å². The van der Waals surface area contributed by atoms with Crippen LogP contribution >= 0.6 is 22.6 Å². The Bertz CT molecular complexity index is 4190. The van der Waals surface area contributed by atoms with E-state index in [1.807, 2.05) is 88.4 Å². The maximum Gasteiger partial charge on any atom is 0.351 e. The van der Waals surface area contributed by atoms with Gasteiger partial charge in [-0.25, -0.2) is 47.9 Å². The average Bonchev–Trinajstić information content (AvgIpc) is 0.771. The Morgan fingerprint density at radius 2 is 0.723 bits per heavy atom. The first-order valence-electron chi connectivity index (χ1n) is 38.0. The Labute approximate surface area is 708 Å². The Hall–Kier alpha value is -10.3. The second-order valence-corrected chi connectivity index (χ2v) is 34.1. The van der Waals surface area contributed by atoms with Gasteiger partial charge in [0.05, 0.1) is 47.8 Å². The minimum Gasteiger partial charge on any atom is -0.479 e. The Kier molecular flexibility index (Phi) is 39.1. The van der Waals surface area contributed by atoms with Gasteiger partial charge in [-0.15, -0.1) is 0 Å². The fourth-order valence-electron chi connectivity index (χ4n) is 11.7. The molecule has 119 heavy (non-hydrogen) atoms. The number of carboxylic acids is 7. The van der Waals surface area contributed by atoms with Crippen LogP contribution in [0.3, 0.4) is 0 Å². The van der Waals surface area contributed by atoms with Crippen LogP contribution in [-0.2, 0) is 134 Å². The number of amides is 1. The van der Waals surface area contributed by atoms with E-state index in [-0.39, 0.29) is 57.8 Å². The van der Waals surface area contributed by atoms with Crippen molar-refractivity contribution in [3.05, 3.63) is 200 Å². The molecule has 1 aliphatic rings. The predicted molar refractivity (Wildman–Crippen MR) is 449 cm³/mol. The van der Waals surface area contributed by atoms with Gasteiger partial charge in [0.1, 0.15) is 13.2 Å². The zero-order valence-electron chi connectivity index (χ0n) is 70.9. The second kappa shape index (κ2) is 45.2. The summed E-state index contributed by atoms with van der Waals surface area (Å²) >= 11 is 2.12. The number of hydrogen-bond donors (Lipinski definition) is 9. The van der Waals surface area contributed by atoms with E-state index in [0.29, 0.717) is 53.4 Å². The highest BCUT2D eigenvalue weighted by atomic mass is 127. The number of anilines is 2. The van der Waals surface area contributed by atoms with Crippen LogP contribution < -0.4 is 11.1 Å². The molecule has 2 unspecified atom stereocenters. The summed E-state index contributed by atoms with van der Waals surface area (Å²) in [5.41, 5.74) is -3.84. The van der Waals surface area contributed by atoms with Gasteiger partial charge in [0.25, 0.3) is 28.0 Å². The Morgan fingerprint density at radius 3 is 1.09 bits per heavy atom. The van der Waals surface area contributed by atoms with Gasteiger partial charge >= 0.3 is 59.7 Å². The predicted octanol–water partition coefficient (Wildman–Crippen LogP) is 12.1. The van der Waals surface area contributed by atoms with Crippen LogP contribution in [0, 0.1) is 10.5 Å². The van der Waals surface area contributed by atoms with E-state index < -0.39 is 116 Å². The third kappa shape index (κ3) is 34.5. The number of morpholine rings is 1. The summed E-state index contributed by atoms with van der Waals surface area (Å²) in [5, 5.41) is 68.5. The molecule has 0 bridgehead atoms. The summed E-state index contributed by atoms with van der Waals surface area (Å²) in [5.74, 6) is -13.1. The van der Waals surface area contributed by atoms with Gasteiger partial charge in [0.15, 0.2) is 0 Å². The first-order chi connectivity index (χ1) is 55.0. The van der Waals surface area contributed by atoms with Crippen LogP contribution in [0.5, 0.6) is 0 Å². The van der Waals surface area contributed by atoms with Crippen molar-refractivity contribution in [2.45, 2.75) is 219 Å². The summed E-state index contributed by atoms with van der Waals surface area (Å²) in [4.78, 5) is 134. The van der Waals surface area contributed by atoms with E-state index in [1.165, 1.54) is 6.92 Å². The average molecular weight is 1770 g/mol. The number of carbonyl (C=O) groups excluding carboxylic acids is 4. The number of halogens is 1. The topological polar surface area (TPSA) is 454 Å². The number of esters is 3. The second-order valence-electron chi connectivity index (χ2n) is 32.8. The lowest BCUT2D eigenvalue weighted by Gasteiger charge is -2.36. The number of carboxylic acid groups (broad SMARTS) is 7. The monoisotopic (exact) mass is 1770 g/mol. The van der Waals surface area contributed by atoms with Gasteiger partial charge in [0.2, 0.25) is 5.91 Å². The Morgan fingerprint density at radius 1 is 0.403 bits per heavy atom. The number of benzene rings is 6. The number of aryl methyl sites for hydroxylation is 1. The van der Waals surface area contributed by atoms with Crippen LogP contribution in [0.4, 0.5) is 11.4 Å². The van der Waals surface area contributed by atoms with Crippen molar-refractivity contribution in [2.24, 2.45) is 0 Å². The maximum atomic E-state index is 13.6. The fourth-order valence-corrected chi connectivity index (χ4v) is 12.1. The molecule has 652 valence electrons. The van der Waals surface area contributed by atoms with E-state index in [0.717, 1.165) is 33.4 Å². The van der Waals surface area contributed by atoms with E-state index >= 15 is 0 Å². The molecule has 0 spiro atoms. The molecule has 1 heterocycles. The highest BCUT2D eigenvalue weighted by molar-refractivity contribution is 14.1. The molecule has 10 N–H and O–H groups in total. The number of ether oxygens (including phenoxy) is 9. The molecule has 30 nitrogen and oxygen atoms in total. The van der Waals surface area contributed by atoms with Crippen LogP contribution in [-0.4, -0.2) is 208 Å². The molecule has 6 aromatic rings. The van der Waals surface area contributed by atoms with Crippen molar-refractivity contribution >= 4 is 99.6 Å². The fraction of sp³-hybridized carbons (Fsp3) is 0.466. The molecule has 2 atom stereocenters. The lowest BCUT2D eigenvalue weighted by molar-refractivity contribution is -0.208. The summed E-state index contributed by atoms with van der Waals surface area (Å²) in [6.45, 7) is 33.7. The first kappa shape index (κ1) is 103. The number of nitrogens with two attached hydrogens (primary N) is 1. The molecule has 0 aliphatic carbocycles. The van der Waals surface area contributed by atoms with E-state index in [2.05, 4.69) is 32.8 Å².